The van der Waals surface area contributed by atoms with Crippen molar-refractivity contribution in [2.75, 3.05) is 14.2 Å². The molecule has 1 amide bonds. The summed E-state index contributed by atoms with van der Waals surface area (Å²) in [4.78, 5) is 24.7. The molecule has 0 radical (unpaired) electrons. The molecule has 0 bridgehead atoms. The molecular weight excluding hydrogens is 382 g/mol. The largest absolute Gasteiger partial charge is 0.496 e. The minimum Gasteiger partial charge on any atom is -0.496 e. The molecule has 0 aliphatic rings. The maximum Gasteiger partial charge on any atom is 0.341 e. The summed E-state index contributed by atoms with van der Waals surface area (Å²) in [5.41, 5.74) is 3.63. The van der Waals surface area contributed by atoms with Crippen LogP contribution < -0.4 is 10.1 Å². The highest BCUT2D eigenvalue weighted by molar-refractivity contribution is 5.95. The Morgan fingerprint density at radius 2 is 1.80 bits per heavy atom. The molecule has 1 N–H and O–H groups in total. The van der Waals surface area contributed by atoms with Gasteiger partial charge in [0.15, 0.2) is 0 Å². The highest BCUT2D eigenvalue weighted by atomic mass is 16.5. The molecule has 0 atom stereocenters. The summed E-state index contributed by atoms with van der Waals surface area (Å²) in [6.07, 6.45) is 2.29. The van der Waals surface area contributed by atoms with Crippen molar-refractivity contribution < 1.29 is 19.1 Å². The average Bonchev–Trinajstić information content (AvgIpc) is 3.19. The number of carbonyl (C=O) groups is 2. The van der Waals surface area contributed by atoms with Gasteiger partial charge >= 0.3 is 5.97 Å². The van der Waals surface area contributed by atoms with Crippen LogP contribution in [-0.4, -0.2) is 35.9 Å². The van der Waals surface area contributed by atoms with Crippen LogP contribution in [0.15, 0.2) is 54.7 Å². The van der Waals surface area contributed by atoms with Crippen LogP contribution in [0.4, 0.5) is 0 Å². The van der Waals surface area contributed by atoms with Gasteiger partial charge in [-0.3, -0.25) is 9.48 Å². The third-order valence-corrected chi connectivity index (χ3v) is 4.83. The number of hydrogen-bond acceptors (Lipinski definition) is 5. The van der Waals surface area contributed by atoms with Gasteiger partial charge in [-0.1, -0.05) is 43.3 Å². The molecule has 1 aromatic heterocycles. The standard InChI is InChI=1S/C23H25N3O4/c1-4-20-19(14-25-26(20)15-16-8-6-5-7-9-16)22(27)24-13-17-10-11-21(29-2)18(12-17)23(28)30-3/h5-12,14H,4,13,15H2,1-3H3,(H,24,27). The lowest BCUT2D eigenvalue weighted by Gasteiger charge is -2.11. The first kappa shape index (κ1) is 21.1. The predicted molar refractivity (Wildman–Crippen MR) is 113 cm³/mol. The van der Waals surface area contributed by atoms with E-state index in [1.807, 2.05) is 41.9 Å². The van der Waals surface area contributed by atoms with Crippen molar-refractivity contribution in [2.45, 2.75) is 26.4 Å². The van der Waals surface area contributed by atoms with Gasteiger partial charge in [-0.25, -0.2) is 4.79 Å². The van der Waals surface area contributed by atoms with Crippen LogP contribution in [0.2, 0.25) is 0 Å². The third kappa shape index (κ3) is 4.68. The summed E-state index contributed by atoms with van der Waals surface area (Å²) in [7, 11) is 2.80. The molecule has 0 saturated carbocycles. The van der Waals surface area contributed by atoms with Crippen molar-refractivity contribution in [1.29, 1.82) is 0 Å². The number of benzene rings is 2. The molecule has 2 aromatic carbocycles. The Bertz CT molecular complexity index is 1030. The highest BCUT2D eigenvalue weighted by Gasteiger charge is 2.17. The highest BCUT2D eigenvalue weighted by Crippen LogP contribution is 2.21. The van der Waals surface area contributed by atoms with Gasteiger partial charge in [-0.2, -0.15) is 5.10 Å². The van der Waals surface area contributed by atoms with Crippen LogP contribution in [0.5, 0.6) is 5.75 Å². The van der Waals surface area contributed by atoms with Crippen molar-refractivity contribution in [3.05, 3.63) is 82.7 Å². The van der Waals surface area contributed by atoms with Crippen LogP contribution in [0, 0.1) is 0 Å². The molecule has 7 nitrogen and oxygen atoms in total. The zero-order valence-electron chi connectivity index (χ0n) is 17.3. The molecule has 0 spiro atoms. The molecule has 7 heteroatoms. The van der Waals surface area contributed by atoms with Gasteiger partial charge in [0, 0.05) is 6.54 Å². The van der Waals surface area contributed by atoms with E-state index in [0.29, 0.717) is 29.8 Å². The molecule has 0 saturated heterocycles. The summed E-state index contributed by atoms with van der Waals surface area (Å²) in [5, 5.41) is 7.31. The number of amides is 1. The van der Waals surface area contributed by atoms with E-state index in [1.54, 1.807) is 24.4 Å². The van der Waals surface area contributed by atoms with Gasteiger partial charge in [-0.05, 0) is 29.7 Å². The van der Waals surface area contributed by atoms with Crippen molar-refractivity contribution >= 4 is 11.9 Å². The summed E-state index contributed by atoms with van der Waals surface area (Å²) in [5.74, 6) is -0.274. The number of nitrogens with zero attached hydrogens (tertiary/aromatic N) is 2. The molecule has 0 unspecified atom stereocenters. The second-order valence-electron chi connectivity index (χ2n) is 6.71. The van der Waals surface area contributed by atoms with E-state index in [4.69, 9.17) is 9.47 Å². The second kappa shape index (κ2) is 9.73. The summed E-state index contributed by atoms with van der Waals surface area (Å²) in [6, 6.07) is 15.1. The molecule has 0 fully saturated rings. The Morgan fingerprint density at radius 3 is 2.47 bits per heavy atom. The first-order valence-electron chi connectivity index (χ1n) is 9.69. The Morgan fingerprint density at radius 1 is 1.03 bits per heavy atom. The Kier molecular flexibility index (Phi) is 6.85. The number of nitrogens with one attached hydrogen (secondary N) is 1. The zero-order valence-corrected chi connectivity index (χ0v) is 17.3. The number of carbonyl (C=O) groups excluding carboxylic acids is 2. The van der Waals surface area contributed by atoms with Gasteiger partial charge in [-0.15, -0.1) is 0 Å². The average molecular weight is 407 g/mol. The Balaban J connectivity index is 1.73. The lowest BCUT2D eigenvalue weighted by Crippen LogP contribution is -2.24. The molecule has 3 rings (SSSR count). The zero-order chi connectivity index (χ0) is 21.5. The van der Waals surface area contributed by atoms with Crippen LogP contribution in [0.1, 0.15) is 44.5 Å². The number of esters is 1. The predicted octanol–water partition coefficient (Wildman–Crippen LogP) is 3.22. The number of ether oxygens (including phenoxy) is 2. The Labute approximate surface area is 175 Å². The van der Waals surface area contributed by atoms with Crippen molar-refractivity contribution in [2.24, 2.45) is 0 Å². The molecule has 156 valence electrons. The van der Waals surface area contributed by atoms with Gasteiger partial charge in [0.1, 0.15) is 11.3 Å². The van der Waals surface area contributed by atoms with Gasteiger partial charge in [0.05, 0.1) is 38.2 Å². The summed E-state index contributed by atoms with van der Waals surface area (Å²) in [6.45, 7) is 2.87. The molecule has 3 aromatic rings. The molecule has 1 heterocycles. The molecule has 0 aliphatic heterocycles. The third-order valence-electron chi connectivity index (χ3n) is 4.83. The Hall–Kier alpha value is -3.61. The van der Waals surface area contributed by atoms with E-state index in [9.17, 15) is 9.59 Å². The quantitative estimate of drug-likeness (QED) is 0.580. The number of rotatable bonds is 8. The van der Waals surface area contributed by atoms with E-state index in [2.05, 4.69) is 10.4 Å². The van der Waals surface area contributed by atoms with Crippen molar-refractivity contribution in [3.63, 3.8) is 0 Å². The number of aromatic nitrogens is 2. The van der Waals surface area contributed by atoms with E-state index < -0.39 is 5.97 Å². The lowest BCUT2D eigenvalue weighted by atomic mass is 10.1. The molecule has 0 aliphatic carbocycles. The fourth-order valence-electron chi connectivity index (χ4n) is 3.28. The van der Waals surface area contributed by atoms with Crippen molar-refractivity contribution in [1.82, 2.24) is 15.1 Å². The first-order chi connectivity index (χ1) is 14.6. The second-order valence-corrected chi connectivity index (χ2v) is 6.71. The van der Waals surface area contributed by atoms with E-state index >= 15 is 0 Å². The maximum atomic E-state index is 12.8. The topological polar surface area (TPSA) is 82.4 Å². The maximum absolute atomic E-state index is 12.8. The van der Waals surface area contributed by atoms with Gasteiger partial charge < -0.3 is 14.8 Å². The van der Waals surface area contributed by atoms with E-state index in [0.717, 1.165) is 16.8 Å². The monoisotopic (exact) mass is 407 g/mol. The number of hydrogen-bond donors (Lipinski definition) is 1. The van der Waals surface area contributed by atoms with Crippen LogP contribution in [0.25, 0.3) is 0 Å². The summed E-state index contributed by atoms with van der Waals surface area (Å²) >= 11 is 0. The van der Waals surface area contributed by atoms with Gasteiger partial charge in [0.2, 0.25) is 0 Å². The SMILES string of the molecule is CCc1c(C(=O)NCc2ccc(OC)c(C(=O)OC)c2)cnn1Cc1ccccc1. The van der Waals surface area contributed by atoms with E-state index in [1.165, 1.54) is 14.2 Å². The van der Waals surface area contributed by atoms with Crippen LogP contribution >= 0.6 is 0 Å². The minimum atomic E-state index is -0.490. The smallest absolute Gasteiger partial charge is 0.341 e. The van der Waals surface area contributed by atoms with Crippen LogP contribution in [-0.2, 0) is 24.2 Å². The minimum absolute atomic E-state index is 0.207. The number of methoxy groups -OCH3 is 2. The van der Waals surface area contributed by atoms with Crippen LogP contribution in [0.3, 0.4) is 0 Å². The first-order valence-corrected chi connectivity index (χ1v) is 9.69. The molecule has 30 heavy (non-hydrogen) atoms. The van der Waals surface area contributed by atoms with E-state index in [-0.39, 0.29) is 12.5 Å². The molecular formula is C23H25N3O4. The lowest BCUT2D eigenvalue weighted by molar-refractivity contribution is 0.0597. The normalized spacial score (nSPS) is 10.5. The fourth-order valence-corrected chi connectivity index (χ4v) is 3.28. The fraction of sp³-hybridized carbons (Fsp3) is 0.261. The van der Waals surface area contributed by atoms with Gasteiger partial charge in [0.25, 0.3) is 5.91 Å². The summed E-state index contributed by atoms with van der Waals surface area (Å²) < 4.78 is 11.8. The van der Waals surface area contributed by atoms with Crippen molar-refractivity contribution in [3.8, 4) is 5.75 Å².